The van der Waals surface area contributed by atoms with E-state index in [2.05, 4.69) is 30.7 Å². The van der Waals surface area contributed by atoms with Crippen LogP contribution in [0.3, 0.4) is 0 Å². The second kappa shape index (κ2) is 7.79. The van der Waals surface area contributed by atoms with Gasteiger partial charge in [0.05, 0.1) is 12.6 Å². The minimum atomic E-state index is -0.326. The minimum absolute atomic E-state index is 0.0975. The van der Waals surface area contributed by atoms with Crippen LogP contribution in [-0.4, -0.2) is 15.9 Å². The van der Waals surface area contributed by atoms with E-state index < -0.39 is 0 Å². The zero-order valence-corrected chi connectivity index (χ0v) is 15.3. The summed E-state index contributed by atoms with van der Waals surface area (Å²) in [4.78, 5) is 20.3. The van der Waals surface area contributed by atoms with Gasteiger partial charge in [-0.1, -0.05) is 39.3 Å². The van der Waals surface area contributed by atoms with E-state index in [0.29, 0.717) is 23.9 Å². The molecule has 2 heterocycles. The molecule has 130 valence electrons. The van der Waals surface area contributed by atoms with Crippen molar-refractivity contribution in [2.45, 2.75) is 58.5 Å². The molecule has 0 unspecified atom stereocenters. The van der Waals surface area contributed by atoms with Gasteiger partial charge in [-0.2, -0.15) is 0 Å². The highest BCUT2D eigenvalue weighted by atomic mass is 35.5. The van der Waals surface area contributed by atoms with E-state index in [9.17, 15) is 4.79 Å². The van der Waals surface area contributed by atoms with Crippen LogP contribution in [0.25, 0.3) is 0 Å². The number of carbonyl (C=O) groups excluding carboxylic acids is 1. The fraction of sp³-hybridized carbons (Fsp3) is 0.500. The molecule has 2 aromatic heterocycles. The van der Waals surface area contributed by atoms with Gasteiger partial charge in [0.25, 0.3) is 0 Å². The summed E-state index contributed by atoms with van der Waals surface area (Å²) < 4.78 is 11.2. The van der Waals surface area contributed by atoms with E-state index in [1.165, 1.54) is 0 Å². The zero-order chi connectivity index (χ0) is 17.7. The number of ether oxygens (including phenoxy) is 1. The van der Waals surface area contributed by atoms with E-state index in [1.807, 2.05) is 6.92 Å². The second-order valence-corrected chi connectivity index (χ2v) is 7.05. The zero-order valence-electron chi connectivity index (χ0n) is 14.5. The maximum atomic E-state index is 12.1. The molecule has 0 N–H and O–H groups in total. The van der Waals surface area contributed by atoms with Crippen LogP contribution >= 0.6 is 11.6 Å². The van der Waals surface area contributed by atoms with Crippen LogP contribution in [-0.2, 0) is 21.4 Å². The molecule has 6 heteroatoms. The predicted octanol–water partition coefficient (Wildman–Crippen LogP) is 4.65. The molecule has 0 bridgehead atoms. The average Bonchev–Trinajstić information content (AvgIpc) is 3.00. The molecule has 24 heavy (non-hydrogen) atoms. The van der Waals surface area contributed by atoms with Crippen molar-refractivity contribution in [1.29, 1.82) is 0 Å². The third-order valence-corrected chi connectivity index (χ3v) is 3.81. The number of hydrogen-bond donors (Lipinski definition) is 0. The molecule has 1 atom stereocenters. The maximum absolute atomic E-state index is 12.1. The number of esters is 1. The summed E-state index contributed by atoms with van der Waals surface area (Å²) in [5.74, 6) is 1.07. The fourth-order valence-corrected chi connectivity index (χ4v) is 2.39. The van der Waals surface area contributed by atoms with Gasteiger partial charge in [0.15, 0.2) is 5.89 Å². The maximum Gasteiger partial charge on any atom is 0.306 e. The molecule has 0 radical (unpaired) electrons. The predicted molar refractivity (Wildman–Crippen MR) is 91.9 cm³/mol. The minimum Gasteiger partial charge on any atom is -0.457 e. The third kappa shape index (κ3) is 5.06. The Bertz CT molecular complexity index is 692. The molecule has 2 aromatic rings. The highest BCUT2D eigenvalue weighted by Gasteiger charge is 2.20. The summed E-state index contributed by atoms with van der Waals surface area (Å²) in [5.41, 5.74) is 0.747. The molecule has 0 saturated heterocycles. The summed E-state index contributed by atoms with van der Waals surface area (Å²) in [6.07, 6.45) is 4.30. The number of halogens is 1. The number of aryl methyl sites for hydroxylation is 1. The number of rotatable bonds is 6. The van der Waals surface area contributed by atoms with Gasteiger partial charge in [0.2, 0.25) is 0 Å². The lowest BCUT2D eigenvalue weighted by Gasteiger charge is -2.16. The van der Waals surface area contributed by atoms with E-state index >= 15 is 0 Å². The molecule has 0 fully saturated rings. The normalized spacial score (nSPS) is 12.9. The quantitative estimate of drug-likeness (QED) is 0.560. The first-order valence-corrected chi connectivity index (χ1v) is 8.43. The Morgan fingerprint density at radius 2 is 2.12 bits per heavy atom. The topological polar surface area (TPSA) is 65.2 Å². The van der Waals surface area contributed by atoms with Crippen molar-refractivity contribution in [3.63, 3.8) is 0 Å². The molecule has 0 saturated carbocycles. The standard InChI is InChI=1S/C18H23ClN2O3/c1-5-13(12-8-9-20-15(19)10-12)23-17(22)7-6-16-21-11-14(24-16)18(2,3)4/h8-11,13H,5-7H2,1-4H3/t13-/m1/s1. The van der Waals surface area contributed by atoms with Crippen molar-refractivity contribution < 1.29 is 13.9 Å². The number of oxazole rings is 1. The Morgan fingerprint density at radius 1 is 1.38 bits per heavy atom. The Morgan fingerprint density at radius 3 is 2.71 bits per heavy atom. The van der Waals surface area contributed by atoms with Gasteiger partial charge < -0.3 is 9.15 Å². The first kappa shape index (κ1) is 18.5. The monoisotopic (exact) mass is 350 g/mol. The summed E-state index contributed by atoms with van der Waals surface area (Å²) in [6.45, 7) is 8.11. The van der Waals surface area contributed by atoms with Gasteiger partial charge >= 0.3 is 5.97 Å². The van der Waals surface area contributed by atoms with Gasteiger partial charge in [0, 0.05) is 18.0 Å². The number of hydrogen-bond acceptors (Lipinski definition) is 5. The van der Waals surface area contributed by atoms with Gasteiger partial charge in [-0.15, -0.1) is 0 Å². The summed E-state index contributed by atoms with van der Waals surface area (Å²) >= 11 is 5.89. The Kier molecular flexibility index (Phi) is 5.99. The molecular formula is C18H23ClN2O3. The largest absolute Gasteiger partial charge is 0.457 e. The van der Waals surface area contributed by atoms with Crippen LogP contribution in [0.5, 0.6) is 0 Å². The van der Waals surface area contributed by atoms with Crippen molar-refractivity contribution in [2.75, 3.05) is 0 Å². The molecule has 0 aliphatic heterocycles. The molecule has 0 aliphatic carbocycles. The molecule has 2 rings (SSSR count). The van der Waals surface area contributed by atoms with E-state index in [0.717, 1.165) is 11.3 Å². The van der Waals surface area contributed by atoms with Crippen molar-refractivity contribution >= 4 is 17.6 Å². The van der Waals surface area contributed by atoms with Crippen molar-refractivity contribution in [3.05, 3.63) is 46.9 Å². The number of nitrogens with zero attached hydrogens (tertiary/aromatic N) is 2. The lowest BCUT2D eigenvalue weighted by molar-refractivity contribution is -0.149. The summed E-state index contributed by atoms with van der Waals surface area (Å²) in [5, 5.41) is 0.386. The average molecular weight is 351 g/mol. The molecule has 0 aromatic carbocycles. The van der Waals surface area contributed by atoms with Crippen molar-refractivity contribution in [2.24, 2.45) is 0 Å². The molecule has 0 aliphatic rings. The summed E-state index contributed by atoms with van der Waals surface area (Å²) in [7, 11) is 0. The van der Waals surface area contributed by atoms with Crippen LogP contribution in [0.2, 0.25) is 5.15 Å². The SMILES string of the molecule is CC[C@@H](OC(=O)CCc1ncc(C(C)(C)C)o1)c1ccnc(Cl)c1. The van der Waals surface area contributed by atoms with E-state index in [1.54, 1.807) is 24.5 Å². The number of pyridine rings is 1. The fourth-order valence-electron chi connectivity index (χ4n) is 2.20. The van der Waals surface area contributed by atoms with Gasteiger partial charge in [-0.05, 0) is 24.1 Å². The first-order chi connectivity index (χ1) is 11.3. The Balaban J connectivity index is 1.91. The molecule has 0 spiro atoms. The van der Waals surface area contributed by atoms with Gasteiger partial charge in [-0.25, -0.2) is 9.97 Å². The Labute approximate surface area is 147 Å². The van der Waals surface area contributed by atoms with Gasteiger partial charge in [0.1, 0.15) is 17.0 Å². The number of carbonyl (C=O) groups is 1. The van der Waals surface area contributed by atoms with Crippen LogP contribution in [0.15, 0.2) is 28.9 Å². The second-order valence-electron chi connectivity index (χ2n) is 6.67. The smallest absolute Gasteiger partial charge is 0.306 e. The lowest BCUT2D eigenvalue weighted by atomic mass is 9.94. The number of aromatic nitrogens is 2. The Hall–Kier alpha value is -1.88. The van der Waals surface area contributed by atoms with Crippen LogP contribution in [0.4, 0.5) is 0 Å². The van der Waals surface area contributed by atoms with Crippen LogP contribution < -0.4 is 0 Å². The molecular weight excluding hydrogens is 328 g/mol. The lowest BCUT2D eigenvalue weighted by Crippen LogP contribution is -2.12. The first-order valence-electron chi connectivity index (χ1n) is 8.05. The van der Waals surface area contributed by atoms with E-state index in [4.69, 9.17) is 20.8 Å². The van der Waals surface area contributed by atoms with Gasteiger partial charge in [-0.3, -0.25) is 4.79 Å². The third-order valence-electron chi connectivity index (χ3n) is 3.60. The van der Waals surface area contributed by atoms with E-state index in [-0.39, 0.29) is 23.9 Å². The van der Waals surface area contributed by atoms with Crippen molar-refractivity contribution in [3.8, 4) is 0 Å². The molecule has 0 amide bonds. The highest BCUT2D eigenvalue weighted by Crippen LogP contribution is 2.25. The summed E-state index contributed by atoms with van der Waals surface area (Å²) in [6, 6.07) is 3.52. The highest BCUT2D eigenvalue weighted by molar-refractivity contribution is 6.29. The van der Waals surface area contributed by atoms with Crippen LogP contribution in [0, 0.1) is 0 Å². The van der Waals surface area contributed by atoms with Crippen molar-refractivity contribution in [1.82, 2.24) is 9.97 Å². The molecule has 5 nitrogen and oxygen atoms in total. The van der Waals surface area contributed by atoms with Crippen LogP contribution in [0.1, 0.15) is 63.9 Å².